The van der Waals surface area contributed by atoms with E-state index in [0.29, 0.717) is 28.6 Å². The Morgan fingerprint density at radius 2 is 1.77 bits per heavy atom. The van der Waals surface area contributed by atoms with E-state index in [9.17, 15) is 9.59 Å². The Labute approximate surface area is 200 Å². The van der Waals surface area contributed by atoms with Crippen LogP contribution in [0.3, 0.4) is 0 Å². The molecular formula is C23H15Br2ClN2O3. The molecule has 1 aliphatic heterocycles. The van der Waals surface area contributed by atoms with Crippen LogP contribution in [0.2, 0.25) is 5.02 Å². The molecule has 0 radical (unpaired) electrons. The number of hydrogen-bond acceptors (Lipinski definition) is 3. The molecule has 3 aromatic rings. The molecule has 0 aromatic heterocycles. The number of anilines is 1. The van der Waals surface area contributed by atoms with Crippen molar-refractivity contribution in [1.82, 2.24) is 5.43 Å². The van der Waals surface area contributed by atoms with Gasteiger partial charge in [-0.3, -0.25) is 15.0 Å². The number of para-hydroxylation sites is 1. The van der Waals surface area contributed by atoms with Crippen LogP contribution >= 0.6 is 43.5 Å². The molecule has 1 heterocycles. The maximum atomic E-state index is 12.7. The summed E-state index contributed by atoms with van der Waals surface area (Å²) in [5.74, 6) is -0.384. The number of carbonyl (C=O) groups excluding carboxylic acids is 2. The Balaban J connectivity index is 1.50. The number of nitrogens with zero attached hydrogens (tertiary/aromatic N) is 1. The molecule has 0 saturated carbocycles. The van der Waals surface area contributed by atoms with Gasteiger partial charge in [-0.2, -0.15) is 0 Å². The van der Waals surface area contributed by atoms with Crippen molar-refractivity contribution in [2.75, 3.05) is 5.01 Å². The van der Waals surface area contributed by atoms with E-state index in [1.165, 1.54) is 11.1 Å². The summed E-state index contributed by atoms with van der Waals surface area (Å²) in [6.45, 7) is 0.334. The topological polar surface area (TPSA) is 58.6 Å². The van der Waals surface area contributed by atoms with Crippen LogP contribution < -0.4 is 15.2 Å². The number of halogens is 3. The van der Waals surface area contributed by atoms with Crippen molar-refractivity contribution in [2.24, 2.45) is 0 Å². The summed E-state index contributed by atoms with van der Waals surface area (Å²) in [6, 6.07) is 19.9. The standard InChI is InChI=1S/C23H15Br2ClN2O3/c24-16-8-7-15(19(25)12-16)13-31-21-9-6-14(11-20(21)26)10-18-22(29)27-28(23(18)30)17-4-2-1-3-5-17/h1-12H,13H2,(H,27,29)/b18-10-. The van der Waals surface area contributed by atoms with E-state index >= 15 is 0 Å². The van der Waals surface area contributed by atoms with E-state index in [1.54, 1.807) is 42.5 Å². The first-order chi connectivity index (χ1) is 14.9. The fourth-order valence-corrected chi connectivity index (χ4v) is 4.41. The lowest BCUT2D eigenvalue weighted by Gasteiger charge is -2.13. The van der Waals surface area contributed by atoms with Gasteiger partial charge in [-0.1, -0.05) is 73.8 Å². The van der Waals surface area contributed by atoms with Gasteiger partial charge in [0.25, 0.3) is 11.8 Å². The van der Waals surface area contributed by atoms with Gasteiger partial charge in [-0.05, 0) is 48.0 Å². The van der Waals surface area contributed by atoms with Crippen molar-refractivity contribution in [3.63, 3.8) is 0 Å². The molecule has 2 amide bonds. The lowest BCUT2D eigenvalue weighted by molar-refractivity contribution is -0.117. The summed E-state index contributed by atoms with van der Waals surface area (Å²) >= 11 is 13.3. The van der Waals surface area contributed by atoms with Crippen molar-refractivity contribution >= 4 is 67.0 Å². The number of amides is 2. The van der Waals surface area contributed by atoms with E-state index in [0.717, 1.165) is 14.5 Å². The van der Waals surface area contributed by atoms with Gasteiger partial charge in [-0.15, -0.1) is 0 Å². The van der Waals surface area contributed by atoms with Crippen LogP contribution in [0, 0.1) is 0 Å². The summed E-state index contributed by atoms with van der Waals surface area (Å²) in [5.41, 5.74) is 4.79. The third-order valence-electron chi connectivity index (χ3n) is 4.57. The number of ether oxygens (including phenoxy) is 1. The summed E-state index contributed by atoms with van der Waals surface area (Å²) in [4.78, 5) is 25.0. The molecule has 4 rings (SSSR count). The van der Waals surface area contributed by atoms with Gasteiger partial charge in [-0.25, -0.2) is 5.01 Å². The highest BCUT2D eigenvalue weighted by Gasteiger charge is 2.34. The average molecular weight is 563 g/mol. The molecule has 156 valence electrons. The first-order valence-corrected chi connectivity index (χ1v) is 11.2. The second-order valence-corrected chi connectivity index (χ2v) is 8.87. The number of benzene rings is 3. The normalized spacial score (nSPS) is 14.8. The minimum atomic E-state index is -0.467. The van der Waals surface area contributed by atoms with Crippen LogP contribution in [-0.4, -0.2) is 11.8 Å². The molecule has 5 nitrogen and oxygen atoms in total. The summed E-state index contributed by atoms with van der Waals surface area (Å²) in [6.07, 6.45) is 1.52. The van der Waals surface area contributed by atoms with Crippen molar-refractivity contribution in [2.45, 2.75) is 6.61 Å². The van der Waals surface area contributed by atoms with Gasteiger partial charge >= 0.3 is 0 Å². The highest BCUT2D eigenvalue weighted by atomic mass is 79.9. The molecule has 1 fully saturated rings. The molecule has 8 heteroatoms. The molecule has 0 unspecified atom stereocenters. The number of carbonyl (C=O) groups is 2. The lowest BCUT2D eigenvalue weighted by atomic mass is 10.1. The zero-order chi connectivity index (χ0) is 22.0. The largest absolute Gasteiger partial charge is 0.487 e. The fourth-order valence-electron chi connectivity index (χ4n) is 3.00. The average Bonchev–Trinajstić information content (AvgIpc) is 3.03. The molecule has 0 bridgehead atoms. The van der Waals surface area contributed by atoms with E-state index in [4.69, 9.17) is 16.3 Å². The summed E-state index contributed by atoms with van der Waals surface area (Å²) in [5, 5.41) is 1.61. The lowest BCUT2D eigenvalue weighted by Crippen LogP contribution is -2.35. The Kier molecular flexibility index (Phi) is 6.46. The predicted molar refractivity (Wildman–Crippen MR) is 128 cm³/mol. The van der Waals surface area contributed by atoms with Crippen LogP contribution in [0.15, 0.2) is 81.2 Å². The van der Waals surface area contributed by atoms with Crippen LogP contribution in [-0.2, 0) is 16.2 Å². The smallest absolute Gasteiger partial charge is 0.282 e. The Hall–Kier alpha value is -2.61. The third-order valence-corrected chi connectivity index (χ3v) is 6.10. The Bertz CT molecular complexity index is 1200. The predicted octanol–water partition coefficient (Wildman–Crippen LogP) is 5.91. The molecule has 1 N–H and O–H groups in total. The van der Waals surface area contributed by atoms with Crippen molar-refractivity contribution < 1.29 is 14.3 Å². The minimum Gasteiger partial charge on any atom is -0.487 e. The molecule has 1 aliphatic rings. The molecule has 0 spiro atoms. The summed E-state index contributed by atoms with van der Waals surface area (Å²) in [7, 11) is 0. The molecule has 0 atom stereocenters. The highest BCUT2D eigenvalue weighted by Crippen LogP contribution is 2.30. The quantitative estimate of drug-likeness (QED) is 0.311. The van der Waals surface area contributed by atoms with Gasteiger partial charge in [0.1, 0.15) is 17.9 Å². The summed E-state index contributed by atoms with van der Waals surface area (Å²) < 4.78 is 7.72. The van der Waals surface area contributed by atoms with Crippen LogP contribution in [0.4, 0.5) is 5.69 Å². The number of nitrogens with one attached hydrogen (secondary N) is 1. The second kappa shape index (κ2) is 9.26. The Morgan fingerprint density at radius 3 is 2.48 bits per heavy atom. The second-order valence-electron chi connectivity index (χ2n) is 6.69. The highest BCUT2D eigenvalue weighted by molar-refractivity contribution is 9.11. The Morgan fingerprint density at radius 1 is 1.00 bits per heavy atom. The van der Waals surface area contributed by atoms with Crippen molar-refractivity contribution in [3.05, 3.63) is 97.4 Å². The van der Waals surface area contributed by atoms with E-state index < -0.39 is 11.8 Å². The molecule has 31 heavy (non-hydrogen) atoms. The van der Waals surface area contributed by atoms with E-state index in [-0.39, 0.29) is 5.57 Å². The minimum absolute atomic E-state index is 0.0346. The number of hydrazine groups is 1. The zero-order valence-corrected chi connectivity index (χ0v) is 19.9. The third kappa shape index (κ3) is 4.84. The van der Waals surface area contributed by atoms with Gasteiger partial charge < -0.3 is 4.74 Å². The fraction of sp³-hybridized carbons (Fsp3) is 0.0435. The first kappa shape index (κ1) is 21.6. The van der Waals surface area contributed by atoms with Gasteiger partial charge in [0.05, 0.1) is 10.7 Å². The zero-order valence-electron chi connectivity index (χ0n) is 15.9. The van der Waals surface area contributed by atoms with Crippen LogP contribution in [0.5, 0.6) is 5.75 Å². The van der Waals surface area contributed by atoms with E-state index in [2.05, 4.69) is 37.3 Å². The molecule has 1 saturated heterocycles. The number of rotatable bonds is 5. The molecule has 3 aromatic carbocycles. The first-order valence-electron chi connectivity index (χ1n) is 9.21. The van der Waals surface area contributed by atoms with Crippen LogP contribution in [0.1, 0.15) is 11.1 Å². The molecule has 0 aliphatic carbocycles. The van der Waals surface area contributed by atoms with Gasteiger partial charge in [0, 0.05) is 14.5 Å². The molecular weight excluding hydrogens is 548 g/mol. The van der Waals surface area contributed by atoms with Crippen molar-refractivity contribution in [3.8, 4) is 5.75 Å². The van der Waals surface area contributed by atoms with Gasteiger partial charge in [0.2, 0.25) is 0 Å². The van der Waals surface area contributed by atoms with Gasteiger partial charge in [0.15, 0.2) is 0 Å². The number of hydrogen-bond donors (Lipinski definition) is 1. The maximum Gasteiger partial charge on any atom is 0.282 e. The van der Waals surface area contributed by atoms with E-state index in [1.807, 2.05) is 24.3 Å². The van der Waals surface area contributed by atoms with Crippen molar-refractivity contribution in [1.29, 1.82) is 0 Å². The monoisotopic (exact) mass is 560 g/mol. The SMILES string of the molecule is O=C1NN(c2ccccc2)C(=O)/C1=C\c1ccc(OCc2ccc(Br)cc2Br)c(Cl)c1. The maximum absolute atomic E-state index is 12.7. The van der Waals surface area contributed by atoms with Crippen LogP contribution in [0.25, 0.3) is 6.08 Å².